The van der Waals surface area contributed by atoms with Crippen molar-refractivity contribution in [1.82, 2.24) is 20.3 Å². The van der Waals surface area contributed by atoms with Gasteiger partial charge in [0.05, 0.1) is 17.9 Å². The largest absolute Gasteiger partial charge is 0.368 e. The molecule has 34 heavy (non-hydrogen) atoms. The predicted octanol–water partition coefficient (Wildman–Crippen LogP) is 0.928. The fraction of sp³-hybridized carbons (Fsp3) is 0.348. The lowest BCUT2D eigenvalue weighted by atomic mass is 10.1. The van der Waals surface area contributed by atoms with E-state index in [1.54, 1.807) is 6.07 Å². The smallest absolute Gasteiger partial charge is 0.243 e. The van der Waals surface area contributed by atoms with E-state index in [2.05, 4.69) is 20.9 Å². The molecule has 9 nitrogen and oxygen atoms in total. The van der Waals surface area contributed by atoms with E-state index in [1.165, 1.54) is 18.2 Å². The van der Waals surface area contributed by atoms with Crippen molar-refractivity contribution in [1.29, 1.82) is 0 Å². The minimum Gasteiger partial charge on any atom is -0.368 e. The van der Waals surface area contributed by atoms with Crippen molar-refractivity contribution >= 4 is 39.3 Å². The number of amidine groups is 1. The van der Waals surface area contributed by atoms with Gasteiger partial charge >= 0.3 is 0 Å². The maximum Gasteiger partial charge on any atom is 0.243 e. The topological polar surface area (TPSA) is 120 Å². The van der Waals surface area contributed by atoms with E-state index in [0.717, 1.165) is 34.4 Å². The number of carbonyl (C=O) groups excluding carboxylic acids is 2. The lowest BCUT2D eigenvalue weighted by Crippen LogP contribution is -2.58. The first kappa shape index (κ1) is 24.2. The number of piperazine rings is 1. The van der Waals surface area contributed by atoms with E-state index < -0.39 is 27.9 Å². The van der Waals surface area contributed by atoms with Gasteiger partial charge in [0, 0.05) is 36.8 Å². The monoisotopic (exact) mass is 503 g/mol. The molecule has 0 radical (unpaired) electrons. The highest BCUT2D eigenvalue weighted by atomic mass is 35.5. The summed E-state index contributed by atoms with van der Waals surface area (Å²) < 4.78 is 27.4. The second-order valence-corrected chi connectivity index (χ2v) is 10.4. The number of rotatable bonds is 8. The zero-order valence-corrected chi connectivity index (χ0v) is 20.0. The Kier molecular flexibility index (Phi) is 7.50. The van der Waals surface area contributed by atoms with Crippen LogP contribution < -0.4 is 16.0 Å². The molecule has 2 aliphatic heterocycles. The first-order valence-electron chi connectivity index (χ1n) is 11.0. The molecule has 3 N–H and O–H groups in total. The van der Waals surface area contributed by atoms with Crippen LogP contribution in [0.15, 0.2) is 58.4 Å². The lowest BCUT2D eigenvalue weighted by molar-refractivity contribution is -0.131. The van der Waals surface area contributed by atoms with Crippen molar-refractivity contribution in [3.63, 3.8) is 0 Å². The number of aliphatic imine (C=N–C) groups is 1. The summed E-state index contributed by atoms with van der Waals surface area (Å²) in [5.74, 6) is 0.00314. The van der Waals surface area contributed by atoms with Gasteiger partial charge in [0.25, 0.3) is 0 Å². The van der Waals surface area contributed by atoms with Gasteiger partial charge < -0.3 is 16.0 Å². The normalized spacial score (nSPS) is 18.7. The molecule has 1 fully saturated rings. The van der Waals surface area contributed by atoms with Gasteiger partial charge in [-0.1, -0.05) is 41.9 Å². The highest BCUT2D eigenvalue weighted by Gasteiger charge is 2.39. The first-order valence-corrected chi connectivity index (χ1v) is 12.9. The highest BCUT2D eigenvalue weighted by Crippen LogP contribution is 2.23. The number of nitrogens with zero attached hydrogens (tertiary/aromatic N) is 2. The zero-order chi connectivity index (χ0) is 24.1. The van der Waals surface area contributed by atoms with Crippen LogP contribution in [0.25, 0.3) is 0 Å². The third-order valence-electron chi connectivity index (χ3n) is 5.70. The number of amides is 2. The van der Waals surface area contributed by atoms with E-state index in [-0.39, 0.29) is 29.4 Å². The molecule has 0 saturated carbocycles. The van der Waals surface area contributed by atoms with Gasteiger partial charge in [0.15, 0.2) is 0 Å². The second kappa shape index (κ2) is 10.5. The minimum atomic E-state index is -3.99. The van der Waals surface area contributed by atoms with Crippen LogP contribution in [0.5, 0.6) is 0 Å². The molecular weight excluding hydrogens is 478 g/mol. The molecule has 0 aliphatic carbocycles. The van der Waals surface area contributed by atoms with Crippen molar-refractivity contribution in [3.8, 4) is 0 Å². The summed E-state index contributed by atoms with van der Waals surface area (Å²) >= 11 is 5.95. The molecule has 2 amide bonds. The number of carbonyl (C=O) groups is 2. The SMILES string of the molecule is O=C(CC1C(=O)NCCN1S(=O)(=O)c1cccc(Cl)c1)NCCc1ccc(C2=NCCN2)cc1. The van der Waals surface area contributed by atoms with Crippen LogP contribution >= 0.6 is 11.6 Å². The molecule has 11 heteroatoms. The highest BCUT2D eigenvalue weighted by molar-refractivity contribution is 7.89. The summed E-state index contributed by atoms with van der Waals surface area (Å²) in [6, 6.07) is 12.7. The van der Waals surface area contributed by atoms with Gasteiger partial charge in [-0.25, -0.2) is 8.42 Å². The maximum absolute atomic E-state index is 13.1. The van der Waals surface area contributed by atoms with Crippen molar-refractivity contribution in [3.05, 3.63) is 64.7 Å². The molecule has 2 aromatic rings. The molecule has 4 rings (SSSR count). The van der Waals surface area contributed by atoms with E-state index in [0.29, 0.717) is 13.0 Å². The Morgan fingerprint density at radius 1 is 1.15 bits per heavy atom. The Hall–Kier alpha value is -2.95. The number of halogens is 1. The summed E-state index contributed by atoms with van der Waals surface area (Å²) in [5, 5.41) is 8.94. The summed E-state index contributed by atoms with van der Waals surface area (Å²) in [5.41, 5.74) is 2.07. The van der Waals surface area contributed by atoms with Crippen LogP contribution in [0.4, 0.5) is 0 Å². The summed E-state index contributed by atoms with van der Waals surface area (Å²) in [6.45, 7) is 2.24. The van der Waals surface area contributed by atoms with Crippen molar-refractivity contribution in [2.24, 2.45) is 4.99 Å². The van der Waals surface area contributed by atoms with Crippen LogP contribution in [-0.4, -0.2) is 69.1 Å². The standard InChI is InChI=1S/C23H26ClN5O4S/c24-18-2-1-3-19(14-18)34(32,33)29-13-12-28-23(31)20(29)15-21(30)25-9-8-16-4-6-17(7-5-16)22-26-10-11-27-22/h1-7,14,20H,8-13,15H2,(H,25,30)(H,26,27)(H,28,31). The Morgan fingerprint density at radius 2 is 1.94 bits per heavy atom. The molecule has 2 aromatic carbocycles. The van der Waals surface area contributed by atoms with Crippen LogP contribution in [0, 0.1) is 0 Å². The third-order valence-corrected chi connectivity index (χ3v) is 7.84. The van der Waals surface area contributed by atoms with Crippen LogP contribution in [-0.2, 0) is 26.0 Å². The molecule has 0 bridgehead atoms. The van der Waals surface area contributed by atoms with E-state index in [4.69, 9.17) is 11.6 Å². The molecule has 0 aromatic heterocycles. The van der Waals surface area contributed by atoms with Crippen molar-refractivity contribution < 1.29 is 18.0 Å². The number of hydrogen-bond acceptors (Lipinski definition) is 6. The fourth-order valence-corrected chi connectivity index (χ4v) is 5.84. The number of nitrogens with one attached hydrogen (secondary N) is 3. The Labute approximate surface area is 203 Å². The molecule has 2 heterocycles. The molecule has 180 valence electrons. The predicted molar refractivity (Wildman–Crippen MR) is 129 cm³/mol. The second-order valence-electron chi connectivity index (χ2n) is 8.04. The third kappa shape index (κ3) is 5.57. The molecule has 2 aliphatic rings. The molecule has 1 saturated heterocycles. The van der Waals surface area contributed by atoms with E-state index in [1.807, 2.05) is 24.3 Å². The summed E-state index contributed by atoms with van der Waals surface area (Å²) in [4.78, 5) is 29.4. The average Bonchev–Trinajstić information content (AvgIpc) is 3.36. The van der Waals surface area contributed by atoms with E-state index >= 15 is 0 Å². The van der Waals surface area contributed by atoms with Crippen molar-refractivity contribution in [2.45, 2.75) is 23.8 Å². The minimum absolute atomic E-state index is 0.0117. The maximum atomic E-state index is 13.1. The Bertz CT molecular complexity index is 1200. The Balaban J connectivity index is 1.35. The van der Waals surface area contributed by atoms with Gasteiger partial charge in [-0.3, -0.25) is 14.6 Å². The molecule has 0 spiro atoms. The fourth-order valence-electron chi connectivity index (χ4n) is 3.95. The molecule has 1 atom stereocenters. The Morgan fingerprint density at radius 3 is 2.65 bits per heavy atom. The summed E-state index contributed by atoms with van der Waals surface area (Å²) in [7, 11) is -3.99. The van der Waals surface area contributed by atoms with Crippen LogP contribution in [0.2, 0.25) is 5.02 Å². The van der Waals surface area contributed by atoms with Crippen molar-refractivity contribution in [2.75, 3.05) is 32.7 Å². The van der Waals surface area contributed by atoms with Gasteiger partial charge in [0.1, 0.15) is 11.9 Å². The summed E-state index contributed by atoms with van der Waals surface area (Å²) in [6.07, 6.45) is 0.337. The van der Waals surface area contributed by atoms with Crippen LogP contribution in [0.3, 0.4) is 0 Å². The quantitative estimate of drug-likeness (QED) is 0.495. The molecular formula is C23H26ClN5O4S. The van der Waals surface area contributed by atoms with Crippen LogP contribution in [0.1, 0.15) is 17.5 Å². The molecule has 1 unspecified atom stereocenters. The van der Waals surface area contributed by atoms with Gasteiger partial charge in [-0.2, -0.15) is 4.31 Å². The number of sulfonamides is 1. The lowest BCUT2D eigenvalue weighted by Gasteiger charge is -2.33. The number of hydrogen-bond donors (Lipinski definition) is 3. The van der Waals surface area contributed by atoms with Gasteiger partial charge in [0.2, 0.25) is 21.8 Å². The number of benzene rings is 2. The van der Waals surface area contributed by atoms with Gasteiger partial charge in [-0.15, -0.1) is 0 Å². The van der Waals surface area contributed by atoms with Gasteiger partial charge in [-0.05, 0) is 30.2 Å². The zero-order valence-electron chi connectivity index (χ0n) is 18.5. The first-order chi connectivity index (χ1) is 16.3. The van der Waals surface area contributed by atoms with E-state index in [9.17, 15) is 18.0 Å². The average molecular weight is 504 g/mol.